The van der Waals surface area contributed by atoms with Crippen molar-refractivity contribution in [2.75, 3.05) is 17.1 Å². The monoisotopic (exact) mass is 597 g/mol. The summed E-state index contributed by atoms with van der Waals surface area (Å²) in [6.45, 7) is 4.73. The molecule has 4 saturated carbocycles. The second-order valence-electron chi connectivity index (χ2n) is 13.1. The topological polar surface area (TPSA) is 86.8 Å². The van der Waals surface area contributed by atoms with Gasteiger partial charge >= 0.3 is 0 Å². The van der Waals surface area contributed by atoms with Crippen LogP contribution in [-0.2, 0) is 31.6 Å². The van der Waals surface area contributed by atoms with Crippen LogP contribution in [0.1, 0.15) is 76.8 Å². The molecule has 0 unspecified atom stereocenters. The van der Waals surface area contributed by atoms with Gasteiger partial charge in [0.15, 0.2) is 0 Å². The molecule has 0 saturated heterocycles. The molecular formula is C33H44FN3O4S. The Labute approximate surface area is 249 Å². The first-order valence-electron chi connectivity index (χ1n) is 15.3. The van der Waals surface area contributed by atoms with Crippen molar-refractivity contribution >= 4 is 27.5 Å². The molecule has 0 radical (unpaired) electrons. The Morgan fingerprint density at radius 2 is 1.55 bits per heavy atom. The lowest BCUT2D eigenvalue weighted by atomic mass is 9.48. The Hall–Kier alpha value is -2.94. The zero-order valence-corrected chi connectivity index (χ0v) is 26.0. The van der Waals surface area contributed by atoms with Gasteiger partial charge in [-0.1, -0.05) is 37.3 Å². The van der Waals surface area contributed by atoms with E-state index in [0.29, 0.717) is 12.1 Å². The molecule has 2 aromatic rings. The number of hydrogen-bond acceptors (Lipinski definition) is 4. The number of carbonyl (C=O) groups excluding carboxylic acids is 2. The molecule has 2 aromatic carbocycles. The number of sulfonamides is 1. The number of benzene rings is 2. The number of nitrogens with zero attached hydrogens (tertiary/aromatic N) is 2. The van der Waals surface area contributed by atoms with Crippen molar-refractivity contribution in [3.05, 3.63) is 65.5 Å². The van der Waals surface area contributed by atoms with E-state index in [1.54, 1.807) is 25.1 Å². The number of hydrogen-bond donors (Lipinski definition) is 1. The molecule has 2 amide bonds. The van der Waals surface area contributed by atoms with E-state index in [9.17, 15) is 22.4 Å². The van der Waals surface area contributed by atoms with E-state index in [1.807, 2.05) is 38.1 Å². The summed E-state index contributed by atoms with van der Waals surface area (Å²) in [5, 5.41) is 2.88. The van der Waals surface area contributed by atoms with Gasteiger partial charge in [-0.15, -0.1) is 0 Å². The summed E-state index contributed by atoms with van der Waals surface area (Å²) < 4.78 is 41.7. The summed E-state index contributed by atoms with van der Waals surface area (Å²) >= 11 is 0. The quantitative estimate of drug-likeness (QED) is 0.376. The molecule has 6 rings (SSSR count). The SMILES string of the molecule is CC[C@H](C)NC(=O)[C@@H](C)N(Cc1ccccc1F)C(=O)CN(c1ccc(C23CC4CC(CC(C4)C2)C3)cc1)S(C)(=O)=O. The average molecular weight is 598 g/mol. The van der Waals surface area contributed by atoms with E-state index >= 15 is 0 Å². The molecule has 1 N–H and O–H groups in total. The van der Waals surface area contributed by atoms with Crippen molar-refractivity contribution < 1.29 is 22.4 Å². The molecule has 4 bridgehead atoms. The molecule has 4 aliphatic carbocycles. The summed E-state index contributed by atoms with van der Waals surface area (Å²) in [5.41, 5.74) is 2.09. The van der Waals surface area contributed by atoms with Crippen molar-refractivity contribution in [1.82, 2.24) is 10.2 Å². The highest BCUT2D eigenvalue weighted by Crippen LogP contribution is 2.60. The van der Waals surface area contributed by atoms with Crippen LogP contribution in [0.2, 0.25) is 0 Å². The van der Waals surface area contributed by atoms with Gasteiger partial charge in [-0.3, -0.25) is 13.9 Å². The van der Waals surface area contributed by atoms with Gasteiger partial charge in [-0.2, -0.15) is 0 Å². The van der Waals surface area contributed by atoms with E-state index in [0.717, 1.165) is 28.3 Å². The van der Waals surface area contributed by atoms with Crippen LogP contribution in [0.25, 0.3) is 0 Å². The van der Waals surface area contributed by atoms with Crippen LogP contribution in [0, 0.1) is 23.6 Å². The Morgan fingerprint density at radius 1 is 0.976 bits per heavy atom. The van der Waals surface area contributed by atoms with Crippen LogP contribution in [0.4, 0.5) is 10.1 Å². The van der Waals surface area contributed by atoms with Crippen molar-refractivity contribution in [2.45, 2.75) is 89.8 Å². The van der Waals surface area contributed by atoms with Gasteiger partial charge in [0.05, 0.1) is 11.9 Å². The summed E-state index contributed by atoms with van der Waals surface area (Å²) in [7, 11) is -3.84. The highest BCUT2D eigenvalue weighted by Gasteiger charge is 2.51. The van der Waals surface area contributed by atoms with Crippen LogP contribution in [-0.4, -0.2) is 50.0 Å². The first kappa shape index (κ1) is 30.5. The van der Waals surface area contributed by atoms with Crippen molar-refractivity contribution in [1.29, 1.82) is 0 Å². The molecule has 0 aromatic heterocycles. The van der Waals surface area contributed by atoms with E-state index in [2.05, 4.69) is 5.32 Å². The average Bonchev–Trinajstić information content (AvgIpc) is 2.93. The molecule has 42 heavy (non-hydrogen) atoms. The largest absolute Gasteiger partial charge is 0.352 e. The summed E-state index contributed by atoms with van der Waals surface area (Å²) in [5.74, 6) is 0.925. The number of nitrogens with one attached hydrogen (secondary N) is 1. The van der Waals surface area contributed by atoms with Crippen LogP contribution in [0.5, 0.6) is 0 Å². The first-order valence-corrected chi connectivity index (χ1v) is 17.1. The number of carbonyl (C=O) groups is 2. The molecule has 7 nitrogen and oxygen atoms in total. The van der Waals surface area contributed by atoms with Gasteiger partial charge < -0.3 is 10.2 Å². The number of amides is 2. The highest BCUT2D eigenvalue weighted by atomic mass is 32.2. The standard InChI is InChI=1S/C33H44FN3O4S/c1-5-22(2)35-32(39)23(3)36(20-27-8-6-7-9-30(27)34)31(38)21-37(42(4,40)41)29-12-10-28(11-13-29)33-17-24-14-25(18-33)16-26(15-24)19-33/h6-13,22-26H,5,14-21H2,1-4H3,(H,35,39)/t22-,23+,24?,25?,26?,33?/m0/s1. The third-order valence-electron chi connectivity index (χ3n) is 9.95. The normalized spacial score (nSPS) is 26.0. The molecule has 0 spiro atoms. The summed E-state index contributed by atoms with van der Waals surface area (Å²) in [6, 6.07) is 12.8. The Kier molecular flexibility index (Phi) is 8.70. The van der Waals surface area contributed by atoms with Crippen LogP contribution >= 0.6 is 0 Å². The Balaban J connectivity index is 1.39. The molecule has 9 heteroatoms. The van der Waals surface area contributed by atoms with Gasteiger partial charge in [-0.05, 0) is 106 Å². The third kappa shape index (κ3) is 6.36. The van der Waals surface area contributed by atoms with Crippen molar-refractivity contribution in [3.63, 3.8) is 0 Å². The van der Waals surface area contributed by atoms with Gasteiger partial charge in [0.25, 0.3) is 0 Å². The number of anilines is 1. The van der Waals surface area contributed by atoms with Gasteiger partial charge in [-0.25, -0.2) is 12.8 Å². The zero-order chi connectivity index (χ0) is 30.2. The van der Waals surface area contributed by atoms with Gasteiger partial charge in [0, 0.05) is 18.2 Å². The first-order chi connectivity index (χ1) is 19.9. The second-order valence-corrected chi connectivity index (χ2v) is 15.0. The zero-order valence-electron chi connectivity index (χ0n) is 25.2. The van der Waals surface area contributed by atoms with E-state index in [1.165, 1.54) is 55.1 Å². The van der Waals surface area contributed by atoms with E-state index in [4.69, 9.17) is 0 Å². The second kappa shape index (κ2) is 12.0. The molecule has 4 fully saturated rings. The summed E-state index contributed by atoms with van der Waals surface area (Å²) in [4.78, 5) is 28.1. The number of halogens is 1. The Bertz CT molecular complexity index is 1380. The molecule has 2 atom stereocenters. The van der Waals surface area contributed by atoms with Crippen molar-refractivity contribution in [2.24, 2.45) is 17.8 Å². The molecule has 4 aliphatic rings. The van der Waals surface area contributed by atoms with E-state index < -0.39 is 34.3 Å². The maximum absolute atomic E-state index is 14.6. The fourth-order valence-electron chi connectivity index (χ4n) is 7.92. The molecule has 0 heterocycles. The van der Waals surface area contributed by atoms with Crippen molar-refractivity contribution in [3.8, 4) is 0 Å². The van der Waals surface area contributed by atoms with Gasteiger partial charge in [0.1, 0.15) is 18.4 Å². The fraction of sp³-hybridized carbons (Fsp3) is 0.576. The van der Waals surface area contributed by atoms with Crippen LogP contribution in [0.15, 0.2) is 48.5 Å². The summed E-state index contributed by atoms with van der Waals surface area (Å²) in [6.07, 6.45) is 9.43. The fourth-order valence-corrected chi connectivity index (χ4v) is 8.77. The van der Waals surface area contributed by atoms with Crippen LogP contribution in [0.3, 0.4) is 0 Å². The predicted octanol–water partition coefficient (Wildman–Crippen LogP) is 5.39. The maximum Gasteiger partial charge on any atom is 0.244 e. The van der Waals surface area contributed by atoms with Crippen LogP contribution < -0.4 is 9.62 Å². The Morgan fingerprint density at radius 3 is 2.07 bits per heavy atom. The highest BCUT2D eigenvalue weighted by molar-refractivity contribution is 7.92. The third-order valence-corrected chi connectivity index (χ3v) is 11.1. The lowest BCUT2D eigenvalue weighted by Crippen LogP contribution is -2.52. The maximum atomic E-state index is 14.6. The van der Waals surface area contributed by atoms with Gasteiger partial charge in [0.2, 0.25) is 21.8 Å². The minimum absolute atomic E-state index is 0.106. The minimum atomic E-state index is -3.84. The number of rotatable bonds is 11. The minimum Gasteiger partial charge on any atom is -0.352 e. The predicted molar refractivity (Wildman–Crippen MR) is 163 cm³/mol. The molecular weight excluding hydrogens is 553 g/mol. The molecule has 228 valence electrons. The van der Waals surface area contributed by atoms with E-state index in [-0.39, 0.29) is 29.5 Å². The lowest BCUT2D eigenvalue weighted by molar-refractivity contribution is -0.139. The lowest BCUT2D eigenvalue weighted by Gasteiger charge is -2.57. The molecule has 0 aliphatic heterocycles. The smallest absolute Gasteiger partial charge is 0.244 e.